The summed E-state index contributed by atoms with van der Waals surface area (Å²) < 4.78 is 21.8. The fraction of sp³-hybridized carbons (Fsp3) is 0.200. The van der Waals surface area contributed by atoms with Crippen LogP contribution in [0.5, 0.6) is 5.75 Å². The van der Waals surface area contributed by atoms with Crippen LogP contribution in [-0.2, 0) is 6.61 Å². The molecule has 1 aromatic heterocycles. The number of hydrogen-bond acceptors (Lipinski definition) is 6. The lowest BCUT2D eigenvalue weighted by Gasteiger charge is -2.18. The highest BCUT2D eigenvalue weighted by Gasteiger charge is 2.26. The van der Waals surface area contributed by atoms with E-state index in [4.69, 9.17) is 4.74 Å². The van der Waals surface area contributed by atoms with E-state index in [-0.39, 0.29) is 23.9 Å². The lowest BCUT2D eigenvalue weighted by atomic mass is 10.1. The van der Waals surface area contributed by atoms with Crippen LogP contribution in [-0.4, -0.2) is 26.2 Å². The van der Waals surface area contributed by atoms with Gasteiger partial charge in [0.15, 0.2) is 5.16 Å². The number of benzene rings is 3. The normalized spacial score (nSPS) is 11.9. The molecule has 0 aliphatic rings. The lowest BCUT2D eigenvalue weighted by molar-refractivity contribution is -0.479. The van der Waals surface area contributed by atoms with Crippen LogP contribution in [0.3, 0.4) is 0 Å². The van der Waals surface area contributed by atoms with Gasteiger partial charge in [-0.15, -0.1) is 10.2 Å². The summed E-state index contributed by atoms with van der Waals surface area (Å²) in [5.74, 6) is 0.774. The maximum absolute atomic E-state index is 14.1. The Morgan fingerprint density at radius 1 is 1.03 bits per heavy atom. The second-order valence-corrected chi connectivity index (χ2v) is 8.91. The average Bonchev–Trinajstić information content (AvgIpc) is 3.18. The van der Waals surface area contributed by atoms with Gasteiger partial charge in [-0.05, 0) is 38.1 Å². The van der Waals surface area contributed by atoms with E-state index in [0.717, 1.165) is 11.3 Å². The van der Waals surface area contributed by atoms with Gasteiger partial charge in [0.05, 0.1) is 0 Å². The molecule has 34 heavy (non-hydrogen) atoms. The van der Waals surface area contributed by atoms with Gasteiger partial charge in [-0.1, -0.05) is 65.9 Å². The fourth-order valence-corrected chi connectivity index (χ4v) is 4.72. The minimum absolute atomic E-state index is 0.0121. The van der Waals surface area contributed by atoms with Crippen molar-refractivity contribution in [2.75, 3.05) is 6.54 Å². The highest BCUT2D eigenvalue weighted by Crippen LogP contribution is 2.40. The fourth-order valence-electron chi connectivity index (χ4n) is 3.52. The van der Waals surface area contributed by atoms with Crippen LogP contribution in [0.25, 0.3) is 5.69 Å². The molecular formula is C25H23FN4O3S. The number of nitro groups is 1. The van der Waals surface area contributed by atoms with Gasteiger partial charge in [-0.25, -0.2) is 4.39 Å². The molecule has 0 amide bonds. The summed E-state index contributed by atoms with van der Waals surface area (Å²) in [6.07, 6.45) is 0. The van der Waals surface area contributed by atoms with Crippen LogP contribution in [0.15, 0.2) is 78.0 Å². The Kier molecular flexibility index (Phi) is 7.22. The smallest absolute Gasteiger partial charge is 0.220 e. The van der Waals surface area contributed by atoms with Crippen molar-refractivity contribution in [3.05, 3.63) is 111 Å². The number of aryl methyl sites for hydroxylation is 2. The summed E-state index contributed by atoms with van der Waals surface area (Å²) in [5, 5.41) is 20.0. The Balaban J connectivity index is 1.65. The van der Waals surface area contributed by atoms with Crippen LogP contribution in [0, 0.1) is 29.8 Å². The van der Waals surface area contributed by atoms with Gasteiger partial charge in [0, 0.05) is 21.7 Å². The number of hydrogen-bond donors (Lipinski definition) is 0. The third kappa shape index (κ3) is 5.43. The van der Waals surface area contributed by atoms with Crippen LogP contribution in [0.4, 0.5) is 4.39 Å². The van der Waals surface area contributed by atoms with Gasteiger partial charge < -0.3 is 4.74 Å². The molecule has 0 spiro atoms. The molecule has 0 unspecified atom stereocenters. The van der Waals surface area contributed by atoms with Gasteiger partial charge in [-0.3, -0.25) is 14.7 Å². The highest BCUT2D eigenvalue weighted by molar-refractivity contribution is 7.99. The van der Waals surface area contributed by atoms with E-state index in [1.54, 1.807) is 42.5 Å². The first kappa shape index (κ1) is 23.4. The van der Waals surface area contributed by atoms with E-state index in [1.165, 1.54) is 17.8 Å². The van der Waals surface area contributed by atoms with Crippen molar-refractivity contribution >= 4 is 11.8 Å². The third-order valence-electron chi connectivity index (χ3n) is 5.26. The quantitative estimate of drug-likeness (QED) is 0.174. The summed E-state index contributed by atoms with van der Waals surface area (Å²) in [7, 11) is 0. The number of thioether (sulfide) groups is 1. The van der Waals surface area contributed by atoms with Gasteiger partial charge in [0.25, 0.3) is 0 Å². The molecule has 4 aromatic rings. The van der Waals surface area contributed by atoms with Gasteiger partial charge in [0.2, 0.25) is 6.54 Å². The van der Waals surface area contributed by atoms with E-state index in [9.17, 15) is 14.5 Å². The summed E-state index contributed by atoms with van der Waals surface area (Å²) >= 11 is 1.25. The molecule has 0 radical (unpaired) electrons. The Bertz CT molecular complexity index is 1290. The zero-order valence-electron chi connectivity index (χ0n) is 18.7. The van der Waals surface area contributed by atoms with Gasteiger partial charge in [-0.2, -0.15) is 0 Å². The standard InChI is InChI=1S/C25H23FN4O3S/c1-17-11-13-20(14-12-17)30-18(2)27-28-25(30)34-24(15-29(31)32)21-8-4-6-10-23(21)33-16-19-7-3-5-9-22(19)26/h3-14,24H,15-16H2,1-2H3/t24-/m0/s1. The third-order valence-corrected chi connectivity index (χ3v) is 6.42. The summed E-state index contributed by atoms with van der Waals surface area (Å²) in [6.45, 7) is 3.51. The zero-order chi connectivity index (χ0) is 24.1. The molecule has 0 aliphatic heterocycles. The number of rotatable bonds is 9. The van der Waals surface area contributed by atoms with Crippen molar-refractivity contribution in [3.63, 3.8) is 0 Å². The Morgan fingerprint density at radius 2 is 1.74 bits per heavy atom. The second-order valence-electron chi connectivity index (χ2n) is 7.74. The molecule has 1 heterocycles. The first-order chi connectivity index (χ1) is 16.4. The SMILES string of the molecule is Cc1ccc(-n2c(C)nnc2S[C@@H](C[N+](=O)[O-])c2ccccc2OCc2ccccc2F)cc1. The molecule has 9 heteroatoms. The molecule has 7 nitrogen and oxygen atoms in total. The minimum Gasteiger partial charge on any atom is -0.488 e. The van der Waals surface area contributed by atoms with E-state index < -0.39 is 5.25 Å². The largest absolute Gasteiger partial charge is 0.488 e. The minimum atomic E-state index is -0.598. The molecule has 0 fully saturated rings. The number of halogens is 1. The molecule has 0 N–H and O–H groups in total. The van der Waals surface area contributed by atoms with Crippen LogP contribution in [0.2, 0.25) is 0 Å². The molecule has 3 aromatic carbocycles. The Morgan fingerprint density at radius 3 is 2.47 bits per heavy atom. The predicted octanol–water partition coefficient (Wildman–Crippen LogP) is 5.71. The molecule has 1 atom stereocenters. The Hall–Kier alpha value is -3.72. The van der Waals surface area contributed by atoms with E-state index >= 15 is 0 Å². The zero-order valence-corrected chi connectivity index (χ0v) is 19.5. The van der Waals surface area contributed by atoms with Crippen molar-refractivity contribution in [3.8, 4) is 11.4 Å². The molecular weight excluding hydrogens is 455 g/mol. The maximum atomic E-state index is 14.1. The Labute approximate surface area is 200 Å². The summed E-state index contributed by atoms with van der Waals surface area (Å²) in [5.41, 5.74) is 3.04. The van der Waals surface area contributed by atoms with Gasteiger partial charge >= 0.3 is 0 Å². The van der Waals surface area contributed by atoms with Crippen molar-refractivity contribution in [2.24, 2.45) is 0 Å². The van der Waals surface area contributed by atoms with E-state index in [0.29, 0.717) is 27.9 Å². The monoisotopic (exact) mass is 478 g/mol. The first-order valence-corrected chi connectivity index (χ1v) is 11.5. The number of ether oxygens (including phenoxy) is 1. The van der Waals surface area contributed by atoms with E-state index in [1.807, 2.05) is 42.7 Å². The highest BCUT2D eigenvalue weighted by atomic mass is 32.2. The molecule has 4 rings (SSSR count). The molecule has 0 saturated carbocycles. The number of aromatic nitrogens is 3. The molecule has 174 valence electrons. The van der Waals surface area contributed by atoms with Crippen molar-refractivity contribution in [2.45, 2.75) is 30.9 Å². The predicted molar refractivity (Wildman–Crippen MR) is 128 cm³/mol. The number of nitrogens with zero attached hydrogens (tertiary/aromatic N) is 4. The van der Waals surface area contributed by atoms with Crippen LogP contribution >= 0.6 is 11.8 Å². The summed E-state index contributed by atoms with van der Waals surface area (Å²) in [4.78, 5) is 11.2. The topological polar surface area (TPSA) is 83.1 Å². The molecule has 0 aliphatic carbocycles. The molecule has 0 bridgehead atoms. The van der Waals surface area contributed by atoms with E-state index in [2.05, 4.69) is 10.2 Å². The van der Waals surface area contributed by atoms with Crippen molar-refractivity contribution < 1.29 is 14.1 Å². The van der Waals surface area contributed by atoms with Crippen molar-refractivity contribution in [1.29, 1.82) is 0 Å². The second kappa shape index (κ2) is 10.5. The average molecular weight is 479 g/mol. The maximum Gasteiger partial charge on any atom is 0.220 e. The van der Waals surface area contributed by atoms with Crippen molar-refractivity contribution in [1.82, 2.24) is 14.8 Å². The van der Waals surface area contributed by atoms with Crippen LogP contribution in [0.1, 0.15) is 27.8 Å². The number of para-hydroxylation sites is 1. The summed E-state index contributed by atoms with van der Waals surface area (Å²) in [6, 6.07) is 21.4. The lowest BCUT2D eigenvalue weighted by Crippen LogP contribution is -2.12. The van der Waals surface area contributed by atoms with Gasteiger partial charge in [0.1, 0.15) is 29.2 Å². The molecule has 0 saturated heterocycles. The first-order valence-electron chi connectivity index (χ1n) is 10.6. The van der Waals surface area contributed by atoms with Crippen LogP contribution < -0.4 is 4.74 Å².